The third-order valence-corrected chi connectivity index (χ3v) is 11.2. The Morgan fingerprint density at radius 3 is 1.91 bits per heavy atom. The van der Waals surface area contributed by atoms with E-state index in [1.165, 1.54) is 10.4 Å². The molecule has 4 amide bonds. The normalized spacial score (nSPS) is 17.5. The van der Waals surface area contributed by atoms with Crippen LogP contribution < -0.4 is 15.7 Å². The fourth-order valence-corrected chi connectivity index (χ4v) is 9.26. The summed E-state index contributed by atoms with van der Waals surface area (Å²) in [4.78, 5) is 38.3. The topological polar surface area (TPSA) is 75.7 Å². The summed E-state index contributed by atoms with van der Waals surface area (Å²) in [6.07, 6.45) is 0.869. The highest BCUT2D eigenvalue weighted by atomic mass is 28.4. The highest BCUT2D eigenvalue weighted by Crippen LogP contribution is 2.37. The summed E-state index contributed by atoms with van der Waals surface area (Å²) in [6.45, 7) is 10.6. The average Bonchev–Trinajstić information content (AvgIpc) is 2.75. The number of hydrogen-bond acceptors (Lipinski definition) is 4. The van der Waals surface area contributed by atoms with E-state index in [1.807, 2.05) is 36.4 Å². The van der Waals surface area contributed by atoms with Crippen LogP contribution in [0.2, 0.25) is 5.04 Å². The van der Waals surface area contributed by atoms with Crippen LogP contribution in [-0.4, -0.2) is 43.7 Å². The van der Waals surface area contributed by atoms with Gasteiger partial charge in [0.25, 0.3) is 8.32 Å². The third kappa shape index (κ3) is 4.94. The van der Waals surface area contributed by atoms with E-state index in [4.69, 9.17) is 4.43 Å². The molecule has 1 unspecified atom stereocenters. The lowest BCUT2D eigenvalue weighted by Gasteiger charge is -2.43. The van der Waals surface area contributed by atoms with E-state index in [1.54, 1.807) is 13.8 Å². The van der Waals surface area contributed by atoms with Gasteiger partial charge >= 0.3 is 6.03 Å². The molecule has 1 heterocycles. The molecule has 176 valence electrons. The number of imide groups is 2. The molecule has 1 N–H and O–H groups in total. The van der Waals surface area contributed by atoms with Gasteiger partial charge in [0.05, 0.1) is 0 Å². The van der Waals surface area contributed by atoms with E-state index in [9.17, 15) is 14.4 Å². The smallest absolute Gasteiger partial charge is 0.331 e. The van der Waals surface area contributed by atoms with Gasteiger partial charge in [-0.25, -0.2) is 4.79 Å². The summed E-state index contributed by atoms with van der Waals surface area (Å²) in [5, 5.41) is 4.55. The zero-order chi connectivity index (χ0) is 24.2. The summed E-state index contributed by atoms with van der Waals surface area (Å²) < 4.78 is 6.84. The van der Waals surface area contributed by atoms with Gasteiger partial charge in [0, 0.05) is 12.6 Å². The molecule has 0 spiro atoms. The van der Waals surface area contributed by atoms with Crippen molar-refractivity contribution >= 4 is 36.5 Å². The lowest BCUT2D eigenvalue weighted by atomic mass is 9.98. The molecule has 7 heteroatoms. The number of benzene rings is 2. The molecule has 3 rings (SSSR count). The van der Waals surface area contributed by atoms with Crippen LogP contribution >= 0.6 is 0 Å². The van der Waals surface area contributed by atoms with Crippen molar-refractivity contribution < 1.29 is 18.8 Å². The average molecular weight is 467 g/mol. The van der Waals surface area contributed by atoms with Crippen molar-refractivity contribution in [3.8, 4) is 0 Å². The maximum absolute atomic E-state index is 12.8. The maximum Gasteiger partial charge on any atom is 0.331 e. The molecule has 1 aliphatic heterocycles. The van der Waals surface area contributed by atoms with E-state index in [-0.39, 0.29) is 11.1 Å². The van der Waals surface area contributed by atoms with Gasteiger partial charge in [-0.05, 0) is 42.1 Å². The van der Waals surface area contributed by atoms with Crippen LogP contribution in [0, 0.1) is 5.92 Å². The number of barbiturate groups is 1. The van der Waals surface area contributed by atoms with Crippen molar-refractivity contribution in [2.24, 2.45) is 5.92 Å². The monoisotopic (exact) mass is 466 g/mol. The maximum atomic E-state index is 12.8. The van der Waals surface area contributed by atoms with E-state index in [2.05, 4.69) is 50.4 Å². The molecule has 1 aliphatic rings. The van der Waals surface area contributed by atoms with Gasteiger partial charge in [-0.2, -0.15) is 0 Å². The van der Waals surface area contributed by atoms with Crippen molar-refractivity contribution in [2.45, 2.75) is 58.5 Å². The zero-order valence-electron chi connectivity index (χ0n) is 20.1. The van der Waals surface area contributed by atoms with Crippen molar-refractivity contribution in [3.63, 3.8) is 0 Å². The second-order valence-corrected chi connectivity index (χ2v) is 14.1. The molecule has 0 saturated carbocycles. The Morgan fingerprint density at radius 2 is 1.45 bits per heavy atom. The van der Waals surface area contributed by atoms with E-state index < -0.39 is 32.1 Å². The number of amides is 4. The fraction of sp³-hybridized carbons (Fsp3) is 0.423. The highest BCUT2D eigenvalue weighted by Gasteiger charge is 2.50. The Hall–Kier alpha value is -2.77. The Balaban J connectivity index is 1.82. The quantitative estimate of drug-likeness (QED) is 0.367. The van der Waals surface area contributed by atoms with Gasteiger partial charge in [0.2, 0.25) is 11.8 Å². The number of hydrogen-bond donors (Lipinski definition) is 1. The number of carbonyl (C=O) groups excluding carboxylic acids is 3. The third-order valence-electron chi connectivity index (χ3n) is 6.19. The first-order chi connectivity index (χ1) is 15.6. The number of urea groups is 1. The molecule has 2 aromatic carbocycles. The lowest BCUT2D eigenvalue weighted by molar-refractivity contribution is -0.144. The molecule has 0 radical (unpaired) electrons. The predicted molar refractivity (Wildman–Crippen MR) is 132 cm³/mol. The van der Waals surface area contributed by atoms with Crippen molar-refractivity contribution in [1.82, 2.24) is 10.2 Å². The van der Waals surface area contributed by atoms with Gasteiger partial charge in [-0.3, -0.25) is 19.8 Å². The Labute approximate surface area is 197 Å². The summed E-state index contributed by atoms with van der Waals surface area (Å²) >= 11 is 0. The molecular formula is C26H34N2O4Si. The van der Waals surface area contributed by atoms with Crippen molar-refractivity contribution in [2.75, 3.05) is 6.61 Å². The minimum atomic E-state index is -2.66. The molecule has 1 atom stereocenters. The Morgan fingerprint density at radius 1 is 0.939 bits per heavy atom. The highest BCUT2D eigenvalue weighted by molar-refractivity contribution is 6.99. The Bertz CT molecular complexity index is 947. The van der Waals surface area contributed by atoms with Crippen molar-refractivity contribution in [3.05, 3.63) is 60.7 Å². The van der Waals surface area contributed by atoms with Gasteiger partial charge in [-0.15, -0.1) is 0 Å². The molecule has 2 aromatic rings. The summed E-state index contributed by atoms with van der Waals surface area (Å²) in [6, 6.07) is 19.8. The van der Waals surface area contributed by atoms with Crippen LogP contribution in [0.4, 0.5) is 4.79 Å². The molecule has 0 bridgehead atoms. The fourth-order valence-electron chi connectivity index (χ4n) is 4.65. The first kappa shape index (κ1) is 24.9. The SMILES string of the molecule is CC(C)N1C(=O)NC(=O)C(CCCO[Si](c2ccccc2)(c2ccccc2)C(C)(C)C)C1=O. The molecule has 33 heavy (non-hydrogen) atoms. The molecule has 0 aromatic heterocycles. The molecule has 0 aliphatic carbocycles. The standard InChI is InChI=1S/C26H34N2O4Si/c1-19(2)28-24(30)22(23(29)27-25(28)31)17-12-18-32-33(26(3,4)5,20-13-8-6-9-14-20)21-15-10-7-11-16-21/h6-11,13-16,19,22H,12,17-18H2,1-5H3,(H,27,29,31). The largest absolute Gasteiger partial charge is 0.407 e. The zero-order valence-corrected chi connectivity index (χ0v) is 21.1. The first-order valence-corrected chi connectivity index (χ1v) is 13.4. The minimum Gasteiger partial charge on any atom is -0.407 e. The van der Waals surface area contributed by atoms with Gasteiger partial charge in [-0.1, -0.05) is 81.4 Å². The van der Waals surface area contributed by atoms with Gasteiger partial charge in [0.1, 0.15) is 5.92 Å². The summed E-state index contributed by atoms with van der Waals surface area (Å²) in [7, 11) is -2.66. The van der Waals surface area contributed by atoms with Crippen LogP contribution in [-0.2, 0) is 14.0 Å². The van der Waals surface area contributed by atoms with Crippen LogP contribution in [0.25, 0.3) is 0 Å². The van der Waals surface area contributed by atoms with E-state index >= 15 is 0 Å². The van der Waals surface area contributed by atoms with E-state index in [0.29, 0.717) is 19.4 Å². The van der Waals surface area contributed by atoms with Crippen LogP contribution in [0.1, 0.15) is 47.5 Å². The molecule has 1 saturated heterocycles. The summed E-state index contributed by atoms with van der Waals surface area (Å²) in [5.74, 6) is -1.82. The second kappa shape index (κ2) is 10.0. The van der Waals surface area contributed by atoms with Crippen LogP contribution in [0.15, 0.2) is 60.7 Å². The Kier molecular flexibility index (Phi) is 7.54. The second-order valence-electron chi connectivity index (χ2n) is 9.80. The molecule has 1 fully saturated rings. The number of carbonyl (C=O) groups is 3. The van der Waals surface area contributed by atoms with Crippen LogP contribution in [0.5, 0.6) is 0 Å². The van der Waals surface area contributed by atoms with E-state index in [0.717, 1.165) is 4.90 Å². The van der Waals surface area contributed by atoms with Crippen LogP contribution in [0.3, 0.4) is 0 Å². The summed E-state index contributed by atoms with van der Waals surface area (Å²) in [5.41, 5.74) is 0. The number of rotatable bonds is 8. The number of nitrogens with one attached hydrogen (secondary N) is 1. The van der Waals surface area contributed by atoms with Gasteiger partial charge < -0.3 is 4.43 Å². The minimum absolute atomic E-state index is 0.144. The number of nitrogens with zero attached hydrogens (tertiary/aromatic N) is 1. The molecule has 6 nitrogen and oxygen atoms in total. The van der Waals surface area contributed by atoms with Gasteiger partial charge in [0.15, 0.2) is 0 Å². The molecular weight excluding hydrogens is 432 g/mol. The predicted octanol–water partition coefficient (Wildman–Crippen LogP) is 3.45. The lowest BCUT2D eigenvalue weighted by Crippen LogP contribution is -2.66. The van der Waals surface area contributed by atoms with Crippen molar-refractivity contribution in [1.29, 1.82) is 0 Å². The first-order valence-electron chi connectivity index (χ1n) is 11.5.